The zero-order chi connectivity index (χ0) is 7.56. The van der Waals surface area contributed by atoms with Gasteiger partial charge in [0.05, 0.1) is 5.92 Å². The average molecular weight is 163 g/mol. The summed E-state index contributed by atoms with van der Waals surface area (Å²) >= 11 is 5.80. The maximum absolute atomic E-state index is 10.5. The van der Waals surface area contributed by atoms with E-state index in [0.717, 1.165) is 25.7 Å². The van der Waals surface area contributed by atoms with Gasteiger partial charge in [0, 0.05) is 5.38 Å². The van der Waals surface area contributed by atoms with E-state index in [1.54, 1.807) is 0 Å². The first-order valence-electron chi connectivity index (χ1n) is 3.58. The van der Waals surface area contributed by atoms with E-state index >= 15 is 0 Å². The van der Waals surface area contributed by atoms with Crippen LogP contribution in [0, 0.1) is 5.92 Å². The molecule has 1 saturated carbocycles. The van der Waals surface area contributed by atoms with Crippen LogP contribution < -0.4 is 0 Å². The van der Waals surface area contributed by atoms with Gasteiger partial charge in [0.1, 0.15) is 0 Å². The van der Waals surface area contributed by atoms with Crippen LogP contribution in [0.5, 0.6) is 0 Å². The van der Waals surface area contributed by atoms with Gasteiger partial charge in [-0.1, -0.05) is 12.8 Å². The van der Waals surface area contributed by atoms with Gasteiger partial charge in [-0.25, -0.2) is 0 Å². The fourth-order valence-electron chi connectivity index (χ4n) is 1.36. The quantitative estimate of drug-likeness (QED) is 0.598. The Hall–Kier alpha value is -0.240. The van der Waals surface area contributed by atoms with Crippen LogP contribution in [0.3, 0.4) is 0 Å². The van der Waals surface area contributed by atoms with Crippen LogP contribution in [0.25, 0.3) is 0 Å². The molecule has 0 spiro atoms. The summed E-state index contributed by atoms with van der Waals surface area (Å²) in [5.41, 5.74) is 0. The molecule has 0 bridgehead atoms. The highest BCUT2D eigenvalue weighted by atomic mass is 35.5. The molecule has 1 N–H and O–H groups in total. The fourth-order valence-corrected chi connectivity index (χ4v) is 1.75. The molecule has 0 radical (unpaired) electrons. The number of carboxylic acids is 1. The highest BCUT2D eigenvalue weighted by Gasteiger charge is 2.28. The summed E-state index contributed by atoms with van der Waals surface area (Å²) in [7, 11) is 0. The monoisotopic (exact) mass is 162 g/mol. The molecule has 1 fully saturated rings. The normalized spacial score (nSPS) is 33.7. The Balaban J connectivity index is 2.47. The predicted molar refractivity (Wildman–Crippen MR) is 39.2 cm³/mol. The summed E-state index contributed by atoms with van der Waals surface area (Å²) in [6, 6.07) is 0. The highest BCUT2D eigenvalue weighted by Crippen LogP contribution is 2.28. The van der Waals surface area contributed by atoms with Crippen molar-refractivity contribution in [1.82, 2.24) is 0 Å². The molecule has 0 saturated heterocycles. The third-order valence-electron chi connectivity index (χ3n) is 2.00. The second-order valence-electron chi connectivity index (χ2n) is 2.75. The highest BCUT2D eigenvalue weighted by molar-refractivity contribution is 6.22. The van der Waals surface area contributed by atoms with Gasteiger partial charge in [0.2, 0.25) is 0 Å². The zero-order valence-electron chi connectivity index (χ0n) is 5.72. The minimum atomic E-state index is -0.736. The molecule has 10 heavy (non-hydrogen) atoms. The molecule has 0 amide bonds. The second-order valence-corrected chi connectivity index (χ2v) is 3.31. The number of hydrogen-bond donors (Lipinski definition) is 1. The first-order valence-corrected chi connectivity index (χ1v) is 4.02. The van der Waals surface area contributed by atoms with E-state index in [2.05, 4.69) is 0 Å². The standard InChI is InChI=1S/C7H11ClO2/c8-6-4-2-1-3-5(6)7(9)10/h5-6H,1-4H2,(H,9,10). The summed E-state index contributed by atoms with van der Waals surface area (Å²) in [6.45, 7) is 0. The van der Waals surface area contributed by atoms with Crippen molar-refractivity contribution in [3.63, 3.8) is 0 Å². The van der Waals surface area contributed by atoms with Crippen molar-refractivity contribution < 1.29 is 9.90 Å². The van der Waals surface area contributed by atoms with E-state index in [0.29, 0.717) is 0 Å². The molecule has 2 nitrogen and oxygen atoms in total. The summed E-state index contributed by atoms with van der Waals surface area (Å²) in [5.74, 6) is -1.03. The van der Waals surface area contributed by atoms with E-state index in [1.165, 1.54) is 0 Å². The van der Waals surface area contributed by atoms with E-state index < -0.39 is 5.97 Å². The molecule has 2 atom stereocenters. The Kier molecular flexibility index (Phi) is 2.55. The van der Waals surface area contributed by atoms with Crippen molar-refractivity contribution in [1.29, 1.82) is 0 Å². The lowest BCUT2D eigenvalue weighted by Crippen LogP contribution is -2.27. The van der Waals surface area contributed by atoms with Gasteiger partial charge in [0.25, 0.3) is 0 Å². The molecule has 1 aliphatic carbocycles. The van der Waals surface area contributed by atoms with Gasteiger partial charge >= 0.3 is 5.97 Å². The van der Waals surface area contributed by atoms with Crippen LogP contribution in [0.15, 0.2) is 0 Å². The maximum atomic E-state index is 10.5. The van der Waals surface area contributed by atoms with E-state index in [-0.39, 0.29) is 11.3 Å². The summed E-state index contributed by atoms with van der Waals surface area (Å²) in [4.78, 5) is 10.5. The van der Waals surface area contributed by atoms with Gasteiger partial charge in [-0.3, -0.25) is 4.79 Å². The number of hydrogen-bond acceptors (Lipinski definition) is 1. The van der Waals surface area contributed by atoms with Crippen LogP contribution in [0.1, 0.15) is 25.7 Å². The lowest BCUT2D eigenvalue weighted by Gasteiger charge is -2.22. The molecule has 2 unspecified atom stereocenters. The number of halogens is 1. The summed E-state index contributed by atoms with van der Waals surface area (Å²) < 4.78 is 0. The molecular formula is C7H11ClO2. The van der Waals surface area contributed by atoms with Crippen molar-refractivity contribution in [2.75, 3.05) is 0 Å². The first-order chi connectivity index (χ1) is 4.72. The Bertz CT molecular complexity index is 136. The molecule has 0 heterocycles. The average Bonchev–Trinajstić information content (AvgIpc) is 1.88. The van der Waals surface area contributed by atoms with Crippen molar-refractivity contribution >= 4 is 17.6 Å². The minimum Gasteiger partial charge on any atom is -0.481 e. The third kappa shape index (κ3) is 1.63. The Labute approximate surface area is 65.2 Å². The van der Waals surface area contributed by atoms with Crippen molar-refractivity contribution in [3.05, 3.63) is 0 Å². The van der Waals surface area contributed by atoms with Crippen LogP contribution in [-0.4, -0.2) is 16.5 Å². The molecule has 1 rings (SSSR count). The van der Waals surface area contributed by atoms with Gasteiger partial charge in [0.15, 0.2) is 0 Å². The van der Waals surface area contributed by atoms with Gasteiger partial charge in [-0.15, -0.1) is 11.6 Å². The second kappa shape index (κ2) is 3.24. The van der Waals surface area contributed by atoms with E-state index in [4.69, 9.17) is 16.7 Å². The van der Waals surface area contributed by atoms with Crippen LogP contribution in [0.2, 0.25) is 0 Å². The maximum Gasteiger partial charge on any atom is 0.307 e. The lowest BCUT2D eigenvalue weighted by molar-refractivity contribution is -0.142. The van der Waals surface area contributed by atoms with Crippen molar-refractivity contribution in [2.24, 2.45) is 5.92 Å². The lowest BCUT2D eigenvalue weighted by atomic mass is 9.89. The summed E-state index contributed by atoms with van der Waals surface area (Å²) in [6.07, 6.45) is 3.71. The molecule has 0 aromatic heterocycles. The number of aliphatic carboxylic acids is 1. The minimum absolute atomic E-state index is 0.133. The van der Waals surface area contributed by atoms with Gasteiger partial charge in [-0.05, 0) is 12.8 Å². The van der Waals surface area contributed by atoms with Crippen LogP contribution in [-0.2, 0) is 4.79 Å². The van der Waals surface area contributed by atoms with Crippen molar-refractivity contribution in [2.45, 2.75) is 31.1 Å². The first kappa shape index (κ1) is 7.86. The van der Waals surface area contributed by atoms with Gasteiger partial charge in [-0.2, -0.15) is 0 Å². The number of carbonyl (C=O) groups is 1. The molecule has 3 heteroatoms. The molecule has 0 aromatic carbocycles. The molecular weight excluding hydrogens is 152 g/mol. The van der Waals surface area contributed by atoms with Gasteiger partial charge < -0.3 is 5.11 Å². The van der Waals surface area contributed by atoms with Crippen molar-refractivity contribution in [3.8, 4) is 0 Å². The van der Waals surface area contributed by atoms with Crippen LogP contribution >= 0.6 is 11.6 Å². The zero-order valence-corrected chi connectivity index (χ0v) is 6.47. The Morgan fingerprint density at radius 3 is 2.40 bits per heavy atom. The van der Waals surface area contributed by atoms with E-state index in [9.17, 15) is 4.79 Å². The fraction of sp³-hybridized carbons (Fsp3) is 0.857. The molecule has 0 aliphatic heterocycles. The third-order valence-corrected chi connectivity index (χ3v) is 2.52. The Morgan fingerprint density at radius 1 is 1.40 bits per heavy atom. The topological polar surface area (TPSA) is 37.3 Å². The Morgan fingerprint density at radius 2 is 2.00 bits per heavy atom. The number of rotatable bonds is 1. The predicted octanol–water partition coefficient (Wildman–Crippen LogP) is 1.87. The smallest absolute Gasteiger partial charge is 0.307 e. The largest absolute Gasteiger partial charge is 0.481 e. The SMILES string of the molecule is O=C(O)C1CCCCC1Cl. The molecule has 1 aliphatic rings. The molecule has 58 valence electrons. The molecule has 0 aromatic rings. The van der Waals surface area contributed by atoms with E-state index in [1.807, 2.05) is 0 Å². The van der Waals surface area contributed by atoms with Crippen LogP contribution in [0.4, 0.5) is 0 Å². The summed E-state index contributed by atoms with van der Waals surface area (Å²) in [5, 5.41) is 8.49. The number of alkyl halides is 1. The number of carboxylic acid groups (broad SMARTS) is 1.